The average Bonchev–Trinajstić information content (AvgIpc) is 3.33. The van der Waals surface area contributed by atoms with Gasteiger partial charge in [0.05, 0.1) is 0 Å². The molecule has 0 fully saturated rings. The quantitative estimate of drug-likeness (QED) is 0.179. The molecule has 4 aromatic carbocycles. The first-order valence-electron chi connectivity index (χ1n) is 8.84. The molecule has 0 spiro atoms. The zero-order valence-electron chi connectivity index (χ0n) is 15.1. The first kappa shape index (κ1) is 20.2. The molecule has 5 rings (SSSR count). The summed E-state index contributed by atoms with van der Waals surface area (Å²) in [6, 6.07) is 32.8. The van der Waals surface area contributed by atoms with Crippen LogP contribution in [0, 0.1) is 6.07 Å². The minimum absolute atomic E-state index is 1.05. The van der Waals surface area contributed by atoms with E-state index in [0.717, 1.165) is 6.42 Å². The molecule has 0 aromatic heterocycles. The SMILES string of the molecule is C[CH]=[Ti]([Cl])[Cl].[c-]1cccc2c1Cc1ccccc1-2.c1ccc2[cH-]ccc2c1. The predicted octanol–water partition coefficient (Wildman–Crippen LogP) is 7.35. The van der Waals surface area contributed by atoms with Gasteiger partial charge in [0.1, 0.15) is 0 Å². The number of hydrogen-bond acceptors (Lipinski definition) is 0. The molecule has 0 saturated heterocycles. The summed E-state index contributed by atoms with van der Waals surface area (Å²) in [6.45, 7) is 1.88. The molecule has 1 aliphatic rings. The summed E-state index contributed by atoms with van der Waals surface area (Å²) in [6.07, 6.45) is 1.05. The van der Waals surface area contributed by atoms with Crippen molar-refractivity contribution in [2.24, 2.45) is 0 Å². The largest absolute Gasteiger partial charge is 0.179 e. The Morgan fingerprint density at radius 3 is 2.41 bits per heavy atom. The fraction of sp³-hybridized carbons (Fsp3) is 0.0833. The molecule has 0 saturated carbocycles. The maximum atomic E-state index is 5.34. The van der Waals surface area contributed by atoms with E-state index in [4.69, 9.17) is 18.6 Å². The maximum absolute atomic E-state index is 5.34. The van der Waals surface area contributed by atoms with Crippen molar-refractivity contribution in [3.8, 4) is 11.1 Å². The minimum atomic E-state index is -1.54. The molecule has 0 N–H and O–H groups in total. The molecular formula is C24H20Cl2Ti-2. The van der Waals surface area contributed by atoms with E-state index in [1.807, 2.05) is 17.3 Å². The summed E-state index contributed by atoms with van der Waals surface area (Å²) in [7, 11) is 10.7. The first-order chi connectivity index (χ1) is 13.2. The molecule has 0 amide bonds. The molecule has 4 aromatic rings. The van der Waals surface area contributed by atoms with Crippen molar-refractivity contribution in [1.29, 1.82) is 0 Å². The molecule has 0 atom stereocenters. The van der Waals surface area contributed by atoms with Crippen molar-refractivity contribution in [1.82, 2.24) is 0 Å². The molecule has 0 aliphatic heterocycles. The van der Waals surface area contributed by atoms with Crippen LogP contribution in [0.25, 0.3) is 21.9 Å². The number of rotatable bonds is 0. The van der Waals surface area contributed by atoms with Crippen LogP contribution in [-0.4, -0.2) is 4.31 Å². The number of fused-ring (bicyclic) bond motifs is 4. The summed E-state index contributed by atoms with van der Waals surface area (Å²) < 4.78 is 1.86. The second-order valence-corrected chi connectivity index (χ2v) is 12.1. The predicted molar refractivity (Wildman–Crippen MR) is 117 cm³/mol. The molecule has 0 unspecified atom stereocenters. The minimum Gasteiger partial charge on any atom is -0.179 e. The summed E-state index contributed by atoms with van der Waals surface area (Å²) in [5, 5.41) is 2.66. The van der Waals surface area contributed by atoms with Crippen LogP contribution in [0.2, 0.25) is 0 Å². The summed E-state index contributed by atoms with van der Waals surface area (Å²) >= 11 is -1.54. The fourth-order valence-corrected chi connectivity index (χ4v) is 3.07. The Labute approximate surface area is 174 Å². The van der Waals surface area contributed by atoms with Gasteiger partial charge in [0.25, 0.3) is 0 Å². The Hall–Kier alpha value is -1.57. The van der Waals surface area contributed by atoms with Gasteiger partial charge in [-0.25, -0.2) is 0 Å². The van der Waals surface area contributed by atoms with Crippen LogP contribution in [0.5, 0.6) is 0 Å². The van der Waals surface area contributed by atoms with Crippen molar-refractivity contribution >= 4 is 33.7 Å². The normalized spacial score (nSPS) is 10.6. The smallest absolute Gasteiger partial charge is 0.0253 e. The van der Waals surface area contributed by atoms with Crippen LogP contribution in [0.4, 0.5) is 0 Å². The van der Waals surface area contributed by atoms with Gasteiger partial charge in [-0.1, -0.05) is 41.5 Å². The van der Waals surface area contributed by atoms with E-state index in [1.165, 1.54) is 33.0 Å². The monoisotopic (exact) mass is 426 g/mol. The van der Waals surface area contributed by atoms with Crippen LogP contribution in [-0.2, 0) is 21.7 Å². The van der Waals surface area contributed by atoms with Gasteiger partial charge in [-0.3, -0.25) is 0 Å². The van der Waals surface area contributed by atoms with Gasteiger partial charge in [0, 0.05) is 0 Å². The van der Waals surface area contributed by atoms with Gasteiger partial charge in [0.2, 0.25) is 0 Å². The molecule has 0 heterocycles. The van der Waals surface area contributed by atoms with Gasteiger partial charge < -0.3 is 0 Å². The van der Waals surface area contributed by atoms with E-state index in [9.17, 15) is 0 Å². The second-order valence-electron chi connectivity index (χ2n) is 6.13. The first-order valence-corrected chi connectivity index (χ1v) is 14.0. The Balaban J connectivity index is 0.000000131. The maximum Gasteiger partial charge on any atom is -0.0253 e. The summed E-state index contributed by atoms with van der Waals surface area (Å²) in [5.74, 6) is 0. The third-order valence-corrected chi connectivity index (χ3v) is 6.86. The fourth-order valence-electron chi connectivity index (χ4n) is 3.07. The van der Waals surface area contributed by atoms with E-state index >= 15 is 0 Å². The standard InChI is InChI=1S/C13H9.C9H7.C2H4.2ClH.Ti/c1-3-7-12-10(5-1)9-11-6-2-4-8-13(11)12;1-2-5-9-7-3-6-8(9)4-1;1-2;;;/h1-5,7-8H,9H2;1-7H;1H,2H3;2*1H;/q2*-1;;;;+2/p-2. The number of halogens is 2. The van der Waals surface area contributed by atoms with E-state index in [-0.39, 0.29) is 0 Å². The van der Waals surface area contributed by atoms with Crippen LogP contribution < -0.4 is 0 Å². The third-order valence-electron chi connectivity index (χ3n) is 4.38. The van der Waals surface area contributed by atoms with E-state index in [0.29, 0.717) is 0 Å². The van der Waals surface area contributed by atoms with Gasteiger partial charge in [-0.15, -0.1) is 35.2 Å². The third kappa shape index (κ3) is 5.47. The summed E-state index contributed by atoms with van der Waals surface area (Å²) in [4.78, 5) is 0. The van der Waals surface area contributed by atoms with Crippen LogP contribution >= 0.6 is 18.6 Å². The van der Waals surface area contributed by atoms with Crippen LogP contribution in [0.1, 0.15) is 18.1 Å². The Kier molecular flexibility index (Phi) is 7.55. The molecular weight excluding hydrogens is 407 g/mol. The molecule has 0 nitrogen and oxygen atoms in total. The molecule has 0 bridgehead atoms. The van der Waals surface area contributed by atoms with Crippen molar-refractivity contribution in [3.05, 3.63) is 102 Å². The zero-order valence-corrected chi connectivity index (χ0v) is 18.2. The van der Waals surface area contributed by atoms with E-state index in [2.05, 4.69) is 84.9 Å². The topological polar surface area (TPSA) is 0 Å². The molecule has 3 heteroatoms. The van der Waals surface area contributed by atoms with Gasteiger partial charge in [-0.05, 0) is 6.42 Å². The zero-order chi connectivity index (χ0) is 19.1. The van der Waals surface area contributed by atoms with Crippen molar-refractivity contribution in [2.75, 3.05) is 0 Å². The van der Waals surface area contributed by atoms with E-state index in [1.54, 1.807) is 0 Å². The van der Waals surface area contributed by atoms with Crippen molar-refractivity contribution in [2.45, 2.75) is 13.3 Å². The van der Waals surface area contributed by atoms with E-state index < -0.39 is 15.3 Å². The number of hydrogen-bond donors (Lipinski definition) is 0. The van der Waals surface area contributed by atoms with Gasteiger partial charge in [0.15, 0.2) is 0 Å². The molecule has 1 aliphatic carbocycles. The Morgan fingerprint density at radius 2 is 1.63 bits per heavy atom. The van der Waals surface area contributed by atoms with Gasteiger partial charge >= 0.3 is 45.1 Å². The number of benzene rings is 3. The molecule has 136 valence electrons. The second kappa shape index (κ2) is 10.1. The van der Waals surface area contributed by atoms with Crippen LogP contribution in [0.3, 0.4) is 0 Å². The van der Waals surface area contributed by atoms with Crippen molar-refractivity contribution in [3.63, 3.8) is 0 Å². The van der Waals surface area contributed by atoms with Crippen LogP contribution in [0.15, 0.2) is 84.9 Å². The van der Waals surface area contributed by atoms with Gasteiger partial charge in [-0.2, -0.15) is 47.3 Å². The molecule has 0 radical (unpaired) electrons. The summed E-state index contributed by atoms with van der Waals surface area (Å²) in [5.41, 5.74) is 5.51. The van der Waals surface area contributed by atoms with Crippen molar-refractivity contribution < 1.29 is 15.3 Å². The molecule has 27 heavy (non-hydrogen) atoms. The Morgan fingerprint density at radius 1 is 0.926 bits per heavy atom. The Bertz CT molecular complexity index is 969. The average molecular weight is 427 g/mol.